The molecule has 0 bridgehead atoms. The summed E-state index contributed by atoms with van der Waals surface area (Å²) in [6, 6.07) is 0.697. The second-order valence-corrected chi connectivity index (χ2v) is 13.7. The number of carbonyl (C=O) groups is 7. The molecule has 0 spiro atoms. The molecule has 0 unspecified atom stereocenters. The van der Waals surface area contributed by atoms with Gasteiger partial charge in [-0.1, -0.05) is 28.5 Å². The fourth-order valence-corrected chi connectivity index (χ4v) is 7.25. The summed E-state index contributed by atoms with van der Waals surface area (Å²) >= 11 is 7.46. The van der Waals surface area contributed by atoms with E-state index in [-0.39, 0.29) is 16.4 Å². The Morgan fingerprint density at radius 2 is 1.84 bits per heavy atom. The highest BCUT2D eigenvalue weighted by Gasteiger charge is 2.66. The van der Waals surface area contributed by atoms with E-state index in [0.29, 0.717) is 16.8 Å². The summed E-state index contributed by atoms with van der Waals surface area (Å²) < 4.78 is 0. The molecule has 8 N–H and O–H groups in total. The molecule has 0 aliphatic carbocycles. The molecule has 23 heteroatoms. The lowest BCUT2D eigenvalue weighted by atomic mass is 10.0. The topological polar surface area (TPSA) is 295 Å². The number of oxime groups is 1. The lowest BCUT2D eigenvalue weighted by Gasteiger charge is -2.41. The zero-order valence-corrected chi connectivity index (χ0v) is 27.5. The fourth-order valence-electron chi connectivity index (χ4n) is 4.81. The van der Waals surface area contributed by atoms with Crippen LogP contribution in [0.25, 0.3) is 0 Å². The summed E-state index contributed by atoms with van der Waals surface area (Å²) in [5, 5.41) is 45.5. The Kier molecular flexibility index (Phi) is 8.99. The van der Waals surface area contributed by atoms with Gasteiger partial charge in [0.15, 0.2) is 22.3 Å². The van der Waals surface area contributed by atoms with Gasteiger partial charge in [0, 0.05) is 11.9 Å². The Morgan fingerprint density at radius 1 is 1.14 bits per heavy atom. The van der Waals surface area contributed by atoms with Gasteiger partial charge in [0.1, 0.15) is 17.1 Å². The minimum absolute atomic E-state index is 0.0406. The van der Waals surface area contributed by atoms with Crippen molar-refractivity contribution in [2.24, 2.45) is 5.16 Å². The van der Waals surface area contributed by atoms with Crippen molar-refractivity contribution in [3.8, 4) is 11.5 Å². The number of nitrogen functional groups attached to an aromatic ring is 1. The number of nitrogens with zero attached hydrogens (tertiary/aromatic N) is 5. The van der Waals surface area contributed by atoms with Gasteiger partial charge < -0.3 is 46.1 Å². The first kappa shape index (κ1) is 35.0. The molecule has 49 heavy (non-hydrogen) atoms. The van der Waals surface area contributed by atoms with Crippen molar-refractivity contribution < 1.29 is 58.8 Å². The quantitative estimate of drug-likeness (QED) is 0.0483. The van der Waals surface area contributed by atoms with Crippen LogP contribution in [0.2, 0.25) is 5.02 Å². The van der Waals surface area contributed by atoms with E-state index in [1.165, 1.54) is 19.2 Å². The highest BCUT2D eigenvalue weighted by atomic mass is 35.5. The maximum atomic E-state index is 13.3. The number of carbonyl (C=O) groups excluding carboxylic acids is 5. The number of hydrogen-bond donors (Lipinski definition) is 7. The zero-order chi connectivity index (χ0) is 36.2. The molecular formula is C26H25ClN8O12S2. The van der Waals surface area contributed by atoms with E-state index in [1.807, 2.05) is 0 Å². The highest BCUT2D eigenvalue weighted by Crippen LogP contribution is 2.49. The number of piperazine rings is 1. The number of nitrogens with one attached hydrogen (secondary N) is 2. The molecule has 5 amide bonds. The Bertz CT molecular complexity index is 1850. The first-order valence-electron chi connectivity index (χ1n) is 13.8. The lowest BCUT2D eigenvalue weighted by molar-refractivity contribution is -0.166. The molecule has 5 rings (SSSR count). The van der Waals surface area contributed by atoms with Crippen LogP contribution in [0.1, 0.15) is 29.9 Å². The largest absolute Gasteiger partial charge is 0.504 e. The van der Waals surface area contributed by atoms with Crippen LogP contribution < -0.4 is 16.5 Å². The van der Waals surface area contributed by atoms with Crippen molar-refractivity contribution in [1.82, 2.24) is 30.5 Å². The Balaban J connectivity index is 1.31. The number of phenolic OH excluding ortho intramolecular Hbond substituents is 2. The number of carboxylic acid groups (broad SMARTS) is 2. The van der Waals surface area contributed by atoms with Crippen molar-refractivity contribution in [3.05, 3.63) is 33.8 Å². The number of amides is 5. The van der Waals surface area contributed by atoms with Gasteiger partial charge in [0.05, 0.1) is 23.7 Å². The van der Waals surface area contributed by atoms with E-state index >= 15 is 0 Å². The summed E-state index contributed by atoms with van der Waals surface area (Å²) in [5.74, 6) is -9.79. The molecule has 3 atom stereocenters. The van der Waals surface area contributed by atoms with E-state index < -0.39 is 105 Å². The summed E-state index contributed by atoms with van der Waals surface area (Å²) in [7, 11) is 0. The number of rotatable bonds is 10. The van der Waals surface area contributed by atoms with E-state index in [9.17, 15) is 54.0 Å². The number of thioether (sulfide) groups is 1. The van der Waals surface area contributed by atoms with Gasteiger partial charge in [-0.3, -0.25) is 29.4 Å². The van der Waals surface area contributed by atoms with Crippen LogP contribution in [-0.4, -0.2) is 129 Å². The van der Waals surface area contributed by atoms with Crippen molar-refractivity contribution in [2.45, 2.75) is 35.7 Å². The Labute approximate surface area is 287 Å². The molecule has 1 aromatic heterocycles. The summed E-state index contributed by atoms with van der Waals surface area (Å²) in [4.78, 5) is 98.4. The summed E-state index contributed by atoms with van der Waals surface area (Å²) in [5.41, 5.74) is 5.00. The first-order valence-corrected chi connectivity index (χ1v) is 15.9. The smallest absolute Gasteiger partial charge is 0.350 e. The average Bonchev–Trinajstić information content (AvgIpc) is 3.63. The maximum Gasteiger partial charge on any atom is 0.350 e. The van der Waals surface area contributed by atoms with Gasteiger partial charge in [-0.2, -0.15) is 0 Å². The number of nitrogens with two attached hydrogens (primary N) is 1. The standard InChI is InChI=1S/C26H25ClN8O12S2/c1-25(2,22(43)44)47-32-13(10-7-48-24(28)29-10)17(39)30-14-18(40)33-8-26(23(45)46,49-21(14)33)34-5-6-35(20(42)19(34)41)31-16(38)9-3-4-11(36)15(37)12(9)27/h3-4,7,14,21,36-37H,5-6,8H2,1-2H3,(H2,28,29)(H,30,39)(H,31,38)(H,43,44)(H,45,46)/b32-13-/t14-,21-,26-/m1/s1. The number of fused-ring (bicyclic) bond motifs is 1. The van der Waals surface area contributed by atoms with Crippen molar-refractivity contribution >= 4 is 87.0 Å². The molecule has 3 aliphatic rings. The summed E-state index contributed by atoms with van der Waals surface area (Å²) in [6.07, 6.45) is 0. The number of anilines is 1. The van der Waals surface area contributed by atoms with E-state index in [0.717, 1.165) is 33.3 Å². The molecule has 2 aromatic rings. The molecule has 3 saturated heterocycles. The van der Waals surface area contributed by atoms with Gasteiger partial charge in [0.2, 0.25) is 16.4 Å². The Hall–Kier alpha value is -5.35. The number of thiazole rings is 1. The number of carboxylic acids is 2. The molecule has 260 valence electrons. The molecule has 1 aromatic carbocycles. The SMILES string of the molecule is CC(C)(O/N=C(\C(=O)N[C@@H]1C(=O)N2C[C@@](C(=O)O)(N3CCN(NC(=O)c4ccc(O)c(O)c4Cl)C(=O)C3=O)S[C@H]12)c1csc(N)n1)C(=O)O. The Morgan fingerprint density at radius 3 is 2.45 bits per heavy atom. The lowest BCUT2D eigenvalue weighted by Crippen LogP contribution is -2.69. The number of aromatic hydroxyl groups is 2. The maximum absolute atomic E-state index is 13.3. The van der Waals surface area contributed by atoms with Crippen LogP contribution >= 0.6 is 34.7 Å². The van der Waals surface area contributed by atoms with Crippen LogP contribution in [0, 0.1) is 0 Å². The number of hydrogen-bond acceptors (Lipinski definition) is 15. The second kappa shape index (κ2) is 12.6. The number of aromatic nitrogens is 1. The molecule has 0 radical (unpaired) electrons. The number of halogens is 1. The molecule has 4 heterocycles. The van der Waals surface area contributed by atoms with Crippen LogP contribution in [0.15, 0.2) is 22.7 Å². The number of aliphatic carboxylic acids is 2. The van der Waals surface area contributed by atoms with Crippen molar-refractivity contribution in [3.63, 3.8) is 0 Å². The number of β-lactam (4-membered cyclic amide) rings is 1. The normalized spacial score (nSPS) is 22.4. The van der Waals surface area contributed by atoms with Gasteiger partial charge in [-0.15, -0.1) is 11.3 Å². The number of benzene rings is 1. The molecule has 20 nitrogen and oxygen atoms in total. The average molecular weight is 741 g/mol. The van der Waals surface area contributed by atoms with Gasteiger partial charge >= 0.3 is 23.8 Å². The highest BCUT2D eigenvalue weighted by molar-refractivity contribution is 8.02. The molecule has 3 aliphatic heterocycles. The third kappa shape index (κ3) is 6.08. The van der Waals surface area contributed by atoms with Crippen LogP contribution in [0.4, 0.5) is 5.13 Å². The third-order valence-electron chi connectivity index (χ3n) is 7.55. The molecule has 0 saturated carbocycles. The first-order chi connectivity index (χ1) is 22.9. The minimum Gasteiger partial charge on any atom is -0.504 e. The monoisotopic (exact) mass is 740 g/mol. The number of hydrazine groups is 1. The second-order valence-electron chi connectivity index (χ2n) is 11.1. The van der Waals surface area contributed by atoms with E-state index in [2.05, 4.69) is 20.9 Å². The van der Waals surface area contributed by atoms with Crippen LogP contribution in [0.5, 0.6) is 11.5 Å². The van der Waals surface area contributed by atoms with Gasteiger partial charge in [-0.25, -0.2) is 19.6 Å². The molecule has 3 fully saturated rings. The third-order valence-corrected chi connectivity index (χ3v) is 10.3. The predicted octanol–water partition coefficient (Wildman–Crippen LogP) is -1.43. The minimum atomic E-state index is -2.18. The predicted molar refractivity (Wildman–Crippen MR) is 167 cm³/mol. The van der Waals surface area contributed by atoms with Crippen LogP contribution in [0.3, 0.4) is 0 Å². The van der Waals surface area contributed by atoms with Gasteiger partial charge in [0.25, 0.3) is 11.8 Å². The van der Waals surface area contributed by atoms with Gasteiger partial charge in [-0.05, 0) is 26.0 Å². The van der Waals surface area contributed by atoms with Crippen molar-refractivity contribution in [2.75, 3.05) is 25.4 Å². The van der Waals surface area contributed by atoms with E-state index in [1.54, 1.807) is 0 Å². The van der Waals surface area contributed by atoms with Crippen LogP contribution in [-0.2, 0) is 33.6 Å². The molecular weight excluding hydrogens is 716 g/mol. The zero-order valence-electron chi connectivity index (χ0n) is 25.1. The van der Waals surface area contributed by atoms with Crippen molar-refractivity contribution in [1.29, 1.82) is 0 Å². The number of phenols is 2. The fraction of sp³-hybridized carbons (Fsp3) is 0.346. The summed E-state index contributed by atoms with van der Waals surface area (Å²) in [6.45, 7) is 0.984. The van der Waals surface area contributed by atoms with E-state index in [4.69, 9.17) is 22.2 Å².